The molecule has 0 saturated carbocycles. The number of sulfonamides is 1. The van der Waals surface area contributed by atoms with Crippen LogP contribution < -0.4 is 9.64 Å². The molecule has 0 radical (unpaired) electrons. The van der Waals surface area contributed by atoms with E-state index in [1.165, 1.54) is 36.7 Å². The zero-order valence-electron chi connectivity index (χ0n) is 15.7. The largest absolute Gasteiger partial charge is 0.495 e. The molecule has 0 spiro atoms. The lowest BCUT2D eigenvalue weighted by atomic mass is 10.2. The van der Waals surface area contributed by atoms with Gasteiger partial charge in [0.25, 0.3) is 0 Å². The van der Waals surface area contributed by atoms with Gasteiger partial charge in [0.2, 0.25) is 21.8 Å². The number of pyridine rings is 1. The van der Waals surface area contributed by atoms with Crippen LogP contribution in [0.3, 0.4) is 0 Å². The fraction of sp³-hybridized carbons (Fsp3) is 0.316. The minimum atomic E-state index is -3.90. The Bertz CT molecular complexity index is 976. The van der Waals surface area contributed by atoms with Gasteiger partial charge in [-0.3, -0.25) is 19.5 Å². The molecule has 0 bridgehead atoms. The van der Waals surface area contributed by atoms with Gasteiger partial charge in [0.15, 0.2) is 0 Å². The Hall–Kier alpha value is -2.78. The molecule has 0 N–H and O–H groups in total. The molecule has 9 heteroatoms. The van der Waals surface area contributed by atoms with Crippen LogP contribution in [0.15, 0.2) is 47.6 Å². The summed E-state index contributed by atoms with van der Waals surface area (Å²) in [5.74, 6) is -0.535. The maximum Gasteiger partial charge on any atom is 0.246 e. The van der Waals surface area contributed by atoms with Gasteiger partial charge in [0, 0.05) is 38.8 Å². The van der Waals surface area contributed by atoms with E-state index in [0.717, 1.165) is 10.5 Å². The summed E-state index contributed by atoms with van der Waals surface area (Å²) in [4.78, 5) is 28.9. The van der Waals surface area contributed by atoms with Crippen LogP contribution in [0.2, 0.25) is 0 Å². The molecule has 28 heavy (non-hydrogen) atoms. The summed E-state index contributed by atoms with van der Waals surface area (Å²) in [6.45, 7) is 0.251. The molecule has 1 fully saturated rings. The number of ether oxygens (including phenoxy) is 1. The van der Waals surface area contributed by atoms with E-state index in [9.17, 15) is 18.0 Å². The van der Waals surface area contributed by atoms with Crippen LogP contribution in [0.25, 0.3) is 0 Å². The molecule has 1 aliphatic heterocycles. The first-order valence-electron chi connectivity index (χ1n) is 8.73. The molecule has 8 nitrogen and oxygen atoms in total. The number of carbonyl (C=O) groups is 2. The van der Waals surface area contributed by atoms with E-state index in [1.807, 2.05) is 12.1 Å². The van der Waals surface area contributed by atoms with Gasteiger partial charge in [-0.2, -0.15) is 0 Å². The second-order valence-corrected chi connectivity index (χ2v) is 8.40. The van der Waals surface area contributed by atoms with Crippen molar-refractivity contribution in [1.82, 2.24) is 9.29 Å². The normalized spacial score (nSPS) is 14.8. The minimum absolute atomic E-state index is 0.0859. The van der Waals surface area contributed by atoms with Crippen molar-refractivity contribution in [2.75, 3.05) is 25.6 Å². The van der Waals surface area contributed by atoms with Gasteiger partial charge in [0.05, 0.1) is 12.8 Å². The van der Waals surface area contributed by atoms with Crippen LogP contribution >= 0.6 is 0 Å². The Morgan fingerprint density at radius 2 is 1.75 bits per heavy atom. The van der Waals surface area contributed by atoms with Crippen LogP contribution in [-0.2, 0) is 26.0 Å². The molecule has 0 unspecified atom stereocenters. The minimum Gasteiger partial charge on any atom is -0.495 e. The lowest BCUT2D eigenvalue weighted by Gasteiger charge is -2.21. The number of anilines is 1. The van der Waals surface area contributed by atoms with Gasteiger partial charge < -0.3 is 4.74 Å². The van der Waals surface area contributed by atoms with Crippen LogP contribution in [0.1, 0.15) is 18.4 Å². The van der Waals surface area contributed by atoms with E-state index >= 15 is 0 Å². The number of amides is 2. The SMILES string of the molecule is COc1ccc(N2C(=O)CCC2=O)cc1S(=O)(=O)N(C)CCc1ccncc1. The van der Waals surface area contributed by atoms with Crippen LogP contribution in [0.5, 0.6) is 5.75 Å². The van der Waals surface area contributed by atoms with Crippen molar-refractivity contribution in [3.8, 4) is 5.75 Å². The maximum absolute atomic E-state index is 13.1. The molecular weight excluding hydrogens is 382 g/mol. The number of carbonyl (C=O) groups excluding carboxylic acids is 2. The van der Waals surface area contributed by atoms with E-state index < -0.39 is 10.0 Å². The highest BCUT2D eigenvalue weighted by molar-refractivity contribution is 7.89. The number of hydrogen-bond acceptors (Lipinski definition) is 6. The quantitative estimate of drug-likeness (QED) is 0.652. The average molecular weight is 403 g/mol. The fourth-order valence-corrected chi connectivity index (χ4v) is 4.34. The molecule has 1 aliphatic rings. The topological polar surface area (TPSA) is 96.9 Å². The summed E-state index contributed by atoms with van der Waals surface area (Å²) >= 11 is 0. The predicted octanol–water partition coefficient (Wildman–Crippen LogP) is 1.61. The molecule has 3 rings (SSSR count). The fourth-order valence-electron chi connectivity index (χ4n) is 2.99. The molecule has 2 heterocycles. The van der Waals surface area contributed by atoms with Crippen molar-refractivity contribution in [2.24, 2.45) is 0 Å². The Labute approximate surface area is 163 Å². The maximum atomic E-state index is 13.1. The van der Waals surface area contributed by atoms with Gasteiger partial charge in [0.1, 0.15) is 10.6 Å². The van der Waals surface area contributed by atoms with Crippen molar-refractivity contribution >= 4 is 27.5 Å². The van der Waals surface area contributed by atoms with E-state index in [1.54, 1.807) is 12.4 Å². The number of imide groups is 1. The number of aromatic nitrogens is 1. The second kappa shape index (κ2) is 8.07. The van der Waals surface area contributed by atoms with E-state index in [0.29, 0.717) is 6.42 Å². The highest BCUT2D eigenvalue weighted by Crippen LogP contribution is 2.32. The average Bonchev–Trinajstić information content (AvgIpc) is 3.04. The molecule has 1 saturated heterocycles. The molecule has 1 aromatic heterocycles. The Kier molecular flexibility index (Phi) is 5.76. The zero-order valence-corrected chi connectivity index (χ0v) is 16.5. The Morgan fingerprint density at radius 1 is 1.11 bits per heavy atom. The third-order valence-electron chi connectivity index (χ3n) is 4.61. The van der Waals surface area contributed by atoms with Crippen molar-refractivity contribution in [1.29, 1.82) is 0 Å². The predicted molar refractivity (Wildman–Crippen MR) is 102 cm³/mol. The van der Waals surface area contributed by atoms with Gasteiger partial charge in [-0.05, 0) is 42.3 Å². The number of nitrogens with zero attached hydrogens (tertiary/aromatic N) is 3. The van der Waals surface area contributed by atoms with Gasteiger partial charge in [-0.25, -0.2) is 12.7 Å². The summed E-state index contributed by atoms with van der Waals surface area (Å²) in [5, 5.41) is 0. The van der Waals surface area contributed by atoms with Crippen LogP contribution in [0, 0.1) is 0 Å². The monoisotopic (exact) mass is 403 g/mol. The smallest absolute Gasteiger partial charge is 0.246 e. The molecular formula is C19H21N3O5S. The van der Waals surface area contributed by atoms with Crippen molar-refractivity contribution in [3.05, 3.63) is 48.3 Å². The van der Waals surface area contributed by atoms with Crippen LogP contribution in [0.4, 0.5) is 5.69 Å². The first-order valence-corrected chi connectivity index (χ1v) is 10.2. The molecule has 148 valence electrons. The lowest BCUT2D eigenvalue weighted by molar-refractivity contribution is -0.121. The van der Waals surface area contributed by atoms with E-state index in [4.69, 9.17) is 4.74 Å². The molecule has 0 atom stereocenters. The third kappa shape index (κ3) is 3.90. The Morgan fingerprint density at radius 3 is 2.36 bits per heavy atom. The Balaban J connectivity index is 1.90. The highest BCUT2D eigenvalue weighted by Gasteiger charge is 2.32. The summed E-state index contributed by atoms with van der Waals surface area (Å²) in [6, 6.07) is 7.94. The number of methoxy groups -OCH3 is 1. The second-order valence-electron chi connectivity index (χ2n) is 6.39. The molecule has 2 amide bonds. The lowest BCUT2D eigenvalue weighted by Crippen LogP contribution is -2.31. The zero-order chi connectivity index (χ0) is 20.3. The number of benzene rings is 1. The van der Waals surface area contributed by atoms with Gasteiger partial charge >= 0.3 is 0 Å². The van der Waals surface area contributed by atoms with Gasteiger partial charge in [-0.15, -0.1) is 0 Å². The first-order chi connectivity index (χ1) is 13.3. The highest BCUT2D eigenvalue weighted by atomic mass is 32.2. The summed E-state index contributed by atoms with van der Waals surface area (Å²) in [5.41, 5.74) is 1.19. The number of rotatable bonds is 7. The van der Waals surface area contributed by atoms with Gasteiger partial charge in [-0.1, -0.05) is 0 Å². The number of likely N-dealkylation sites (N-methyl/N-ethyl adjacent to an activating group) is 1. The van der Waals surface area contributed by atoms with E-state index in [2.05, 4.69) is 4.98 Å². The van der Waals surface area contributed by atoms with Crippen molar-refractivity contribution in [2.45, 2.75) is 24.2 Å². The van der Waals surface area contributed by atoms with Crippen molar-refractivity contribution < 1.29 is 22.7 Å². The number of hydrogen-bond donors (Lipinski definition) is 0. The molecule has 2 aromatic rings. The molecule has 1 aromatic carbocycles. The summed E-state index contributed by atoms with van der Waals surface area (Å²) < 4.78 is 32.7. The summed E-state index contributed by atoms with van der Waals surface area (Å²) in [7, 11) is -1.04. The first kappa shape index (κ1) is 20.0. The van der Waals surface area contributed by atoms with Crippen molar-refractivity contribution in [3.63, 3.8) is 0 Å². The van der Waals surface area contributed by atoms with E-state index in [-0.39, 0.29) is 47.5 Å². The third-order valence-corrected chi connectivity index (χ3v) is 6.49. The summed E-state index contributed by atoms with van der Waals surface area (Å²) in [6.07, 6.45) is 4.07. The van der Waals surface area contributed by atoms with Crippen LogP contribution in [-0.4, -0.2) is 50.2 Å². The molecule has 0 aliphatic carbocycles. The standard InChI is InChI=1S/C19H21N3O5S/c1-21(12-9-14-7-10-20-11-8-14)28(25,26)17-13-15(3-4-16(17)27-2)22-18(23)5-6-19(22)24/h3-4,7-8,10-11,13H,5-6,9,12H2,1-2H3.